The Hall–Kier alpha value is -1.72. The topological polar surface area (TPSA) is 95.6 Å². The first kappa shape index (κ1) is 25.5. The fraction of sp³-hybridized carbons (Fsp3) is 0.500. The highest BCUT2D eigenvalue weighted by molar-refractivity contribution is 14.0. The standard InChI is InChI=1S/C22H32N6OS.HI/c1-16-12-26-20(30-16)8-9-25-22(24-2)27-13-17-5-3-6-18(11-17)14-28-10-4-7-19(15-28)21(23)29;/h3,5-6,11-12,19H,4,7-10,13-15H2,1-2H3,(H2,23,29)(H2,24,25,27);1H. The van der Waals surface area contributed by atoms with E-state index in [4.69, 9.17) is 5.73 Å². The van der Waals surface area contributed by atoms with Gasteiger partial charge in [-0.1, -0.05) is 24.3 Å². The second-order valence-electron chi connectivity index (χ2n) is 7.76. The number of piperidine rings is 1. The number of primary amides is 1. The number of hydrogen-bond acceptors (Lipinski definition) is 5. The minimum Gasteiger partial charge on any atom is -0.369 e. The number of amides is 1. The van der Waals surface area contributed by atoms with E-state index in [1.54, 1.807) is 18.4 Å². The van der Waals surface area contributed by atoms with Crippen molar-refractivity contribution in [3.8, 4) is 0 Å². The molecule has 0 bridgehead atoms. The van der Waals surface area contributed by atoms with Crippen LogP contribution in [0.2, 0.25) is 0 Å². The molecule has 3 rings (SSSR count). The van der Waals surface area contributed by atoms with Crippen LogP contribution < -0.4 is 16.4 Å². The molecule has 1 aromatic carbocycles. The summed E-state index contributed by atoms with van der Waals surface area (Å²) in [6.45, 7) is 6.19. The van der Waals surface area contributed by atoms with E-state index in [-0.39, 0.29) is 35.8 Å². The Morgan fingerprint density at radius 1 is 1.35 bits per heavy atom. The number of aryl methyl sites for hydroxylation is 1. The molecule has 0 radical (unpaired) electrons. The highest BCUT2D eigenvalue weighted by atomic mass is 127. The summed E-state index contributed by atoms with van der Waals surface area (Å²) in [6.07, 6.45) is 4.73. The maximum Gasteiger partial charge on any atom is 0.221 e. The lowest BCUT2D eigenvalue weighted by atomic mass is 9.97. The van der Waals surface area contributed by atoms with Gasteiger partial charge in [0.1, 0.15) is 0 Å². The second kappa shape index (κ2) is 13.0. The zero-order valence-corrected chi connectivity index (χ0v) is 21.4. The third kappa shape index (κ3) is 8.38. The van der Waals surface area contributed by atoms with E-state index in [1.807, 2.05) is 6.20 Å². The Labute approximate surface area is 205 Å². The van der Waals surface area contributed by atoms with E-state index in [1.165, 1.54) is 16.0 Å². The molecule has 2 heterocycles. The van der Waals surface area contributed by atoms with Gasteiger partial charge in [-0.05, 0) is 37.4 Å². The second-order valence-corrected chi connectivity index (χ2v) is 9.08. The molecule has 1 aliphatic rings. The van der Waals surface area contributed by atoms with Crippen LogP contribution in [0.3, 0.4) is 0 Å². The van der Waals surface area contributed by atoms with E-state index in [0.717, 1.165) is 56.4 Å². The fourth-order valence-electron chi connectivity index (χ4n) is 3.74. The normalized spacial score (nSPS) is 17.1. The van der Waals surface area contributed by atoms with Crippen LogP contribution in [0.15, 0.2) is 35.5 Å². The predicted octanol–water partition coefficient (Wildman–Crippen LogP) is 2.67. The SMILES string of the molecule is CN=C(NCCc1ncc(C)s1)NCc1cccc(CN2CCCC(C(N)=O)C2)c1.I. The van der Waals surface area contributed by atoms with Gasteiger partial charge < -0.3 is 16.4 Å². The highest BCUT2D eigenvalue weighted by Gasteiger charge is 2.23. The first-order valence-electron chi connectivity index (χ1n) is 10.5. The average Bonchev–Trinajstić information content (AvgIpc) is 3.16. The summed E-state index contributed by atoms with van der Waals surface area (Å²) in [5, 5.41) is 7.86. The summed E-state index contributed by atoms with van der Waals surface area (Å²) in [5.74, 6) is 0.585. The molecule has 4 N–H and O–H groups in total. The number of hydrogen-bond donors (Lipinski definition) is 3. The molecule has 170 valence electrons. The number of benzene rings is 1. The number of nitrogens with zero attached hydrogens (tertiary/aromatic N) is 3. The summed E-state index contributed by atoms with van der Waals surface area (Å²) >= 11 is 1.73. The van der Waals surface area contributed by atoms with Crippen LogP contribution in [-0.4, -0.2) is 48.4 Å². The third-order valence-electron chi connectivity index (χ3n) is 5.29. The minimum absolute atomic E-state index is 0. The van der Waals surface area contributed by atoms with Gasteiger partial charge in [0.2, 0.25) is 5.91 Å². The van der Waals surface area contributed by atoms with Crippen molar-refractivity contribution in [2.24, 2.45) is 16.6 Å². The summed E-state index contributed by atoms with van der Waals surface area (Å²) in [7, 11) is 1.78. The molecule has 31 heavy (non-hydrogen) atoms. The van der Waals surface area contributed by atoms with Crippen molar-refractivity contribution in [3.63, 3.8) is 0 Å². The maximum absolute atomic E-state index is 11.5. The first-order valence-corrected chi connectivity index (χ1v) is 11.3. The number of thiazole rings is 1. The van der Waals surface area contributed by atoms with Crippen LogP contribution in [0.1, 0.15) is 33.9 Å². The number of nitrogens with one attached hydrogen (secondary N) is 2. The summed E-state index contributed by atoms with van der Waals surface area (Å²) < 4.78 is 0. The average molecular weight is 557 g/mol. The Kier molecular flexibility index (Phi) is 10.7. The summed E-state index contributed by atoms with van der Waals surface area (Å²) in [5.41, 5.74) is 7.96. The Bertz CT molecular complexity index is 871. The molecular weight excluding hydrogens is 523 g/mol. The van der Waals surface area contributed by atoms with Gasteiger partial charge in [0, 0.05) is 50.7 Å². The van der Waals surface area contributed by atoms with Crippen LogP contribution >= 0.6 is 35.3 Å². The number of nitrogens with two attached hydrogens (primary N) is 1. The molecule has 1 fully saturated rings. The quantitative estimate of drug-likeness (QED) is 0.264. The largest absolute Gasteiger partial charge is 0.369 e. The van der Waals surface area contributed by atoms with Crippen molar-refractivity contribution >= 4 is 47.2 Å². The summed E-state index contributed by atoms with van der Waals surface area (Å²) in [4.78, 5) is 23.8. The van der Waals surface area contributed by atoms with E-state index >= 15 is 0 Å². The van der Waals surface area contributed by atoms with Gasteiger partial charge in [-0.15, -0.1) is 35.3 Å². The Balaban J connectivity index is 0.00000341. The van der Waals surface area contributed by atoms with Crippen molar-refractivity contribution in [1.82, 2.24) is 20.5 Å². The van der Waals surface area contributed by atoms with Gasteiger partial charge in [-0.2, -0.15) is 0 Å². The first-order chi connectivity index (χ1) is 14.5. The monoisotopic (exact) mass is 556 g/mol. The van der Waals surface area contributed by atoms with Gasteiger partial charge >= 0.3 is 0 Å². The number of rotatable bonds is 8. The molecule has 0 spiro atoms. The smallest absolute Gasteiger partial charge is 0.221 e. The Morgan fingerprint density at radius 3 is 2.87 bits per heavy atom. The molecule has 7 nitrogen and oxygen atoms in total. The lowest BCUT2D eigenvalue weighted by molar-refractivity contribution is -0.123. The molecule has 1 aliphatic heterocycles. The van der Waals surface area contributed by atoms with Crippen LogP contribution in [0.4, 0.5) is 0 Å². The molecule has 9 heteroatoms. The number of carbonyl (C=O) groups excluding carboxylic acids is 1. The number of halogens is 1. The van der Waals surface area contributed by atoms with Crippen LogP contribution in [0.25, 0.3) is 0 Å². The van der Waals surface area contributed by atoms with Crippen LogP contribution in [-0.2, 0) is 24.3 Å². The van der Waals surface area contributed by atoms with Gasteiger partial charge in [0.05, 0.1) is 10.9 Å². The number of likely N-dealkylation sites (tertiary alicyclic amines) is 1. The highest BCUT2D eigenvalue weighted by Crippen LogP contribution is 2.18. The van der Waals surface area contributed by atoms with Crippen molar-refractivity contribution in [2.75, 3.05) is 26.7 Å². The van der Waals surface area contributed by atoms with E-state index in [0.29, 0.717) is 6.54 Å². The molecule has 0 aliphatic carbocycles. The zero-order valence-electron chi connectivity index (χ0n) is 18.3. The van der Waals surface area contributed by atoms with Gasteiger partial charge in [0.25, 0.3) is 0 Å². The van der Waals surface area contributed by atoms with Gasteiger partial charge in [0.15, 0.2) is 5.96 Å². The van der Waals surface area contributed by atoms with Crippen molar-refractivity contribution in [2.45, 2.75) is 39.3 Å². The van der Waals surface area contributed by atoms with Crippen molar-refractivity contribution in [1.29, 1.82) is 0 Å². The minimum atomic E-state index is -0.179. The predicted molar refractivity (Wildman–Crippen MR) is 138 cm³/mol. The lowest BCUT2D eigenvalue weighted by Crippen LogP contribution is -2.40. The molecule has 0 saturated carbocycles. The van der Waals surface area contributed by atoms with E-state index in [9.17, 15) is 4.79 Å². The van der Waals surface area contributed by atoms with Gasteiger partial charge in [-0.3, -0.25) is 14.7 Å². The molecule has 1 atom stereocenters. The van der Waals surface area contributed by atoms with Crippen LogP contribution in [0, 0.1) is 12.8 Å². The molecule has 1 unspecified atom stereocenters. The van der Waals surface area contributed by atoms with Crippen LogP contribution in [0.5, 0.6) is 0 Å². The number of aliphatic imine (C=N–C) groups is 1. The molecule has 1 aromatic heterocycles. The Morgan fingerprint density at radius 2 is 2.16 bits per heavy atom. The number of guanidine groups is 1. The molecule has 2 aromatic rings. The van der Waals surface area contributed by atoms with E-state index in [2.05, 4.69) is 56.7 Å². The number of aromatic nitrogens is 1. The molecule has 1 saturated heterocycles. The van der Waals surface area contributed by atoms with Crippen molar-refractivity contribution < 1.29 is 4.79 Å². The third-order valence-corrected chi connectivity index (χ3v) is 6.26. The molecular formula is C22H33IN6OS. The fourth-order valence-corrected chi connectivity index (χ4v) is 4.53. The van der Waals surface area contributed by atoms with Gasteiger partial charge in [-0.25, -0.2) is 4.98 Å². The molecule has 1 amide bonds. The zero-order chi connectivity index (χ0) is 21.3. The number of carbonyl (C=O) groups is 1. The lowest BCUT2D eigenvalue weighted by Gasteiger charge is -2.31. The maximum atomic E-state index is 11.5. The van der Waals surface area contributed by atoms with E-state index < -0.39 is 0 Å². The van der Waals surface area contributed by atoms with Crippen molar-refractivity contribution in [3.05, 3.63) is 51.5 Å². The summed E-state index contributed by atoms with van der Waals surface area (Å²) in [6, 6.07) is 8.56.